The molecule has 0 bridgehead atoms. The fraction of sp³-hybridized carbons (Fsp3) is 0.222. The van der Waals surface area contributed by atoms with Crippen LogP contribution in [0.25, 0.3) is 0 Å². The molecule has 0 spiro atoms. The van der Waals surface area contributed by atoms with E-state index < -0.39 is 22.5 Å². The Labute approximate surface area is 171 Å². The molecule has 1 N–H and O–H groups in total. The van der Waals surface area contributed by atoms with Gasteiger partial charge < -0.3 is 14.2 Å². The molecule has 10 heteroatoms. The van der Waals surface area contributed by atoms with Crippen LogP contribution in [-0.2, 0) is 19.6 Å². The maximum absolute atomic E-state index is 12.1. The number of carbonyl (C=O) groups is 1. The summed E-state index contributed by atoms with van der Waals surface area (Å²) in [4.78, 5) is 11.8. The van der Waals surface area contributed by atoms with Crippen LogP contribution < -0.4 is 14.2 Å². The van der Waals surface area contributed by atoms with Crippen LogP contribution in [0.3, 0.4) is 0 Å². The molecule has 0 saturated carbocycles. The lowest BCUT2D eigenvalue weighted by molar-refractivity contribution is -0.142. The van der Waals surface area contributed by atoms with Crippen molar-refractivity contribution in [2.24, 2.45) is 0 Å². The maximum atomic E-state index is 12.1. The third kappa shape index (κ3) is 6.23. The average molecular weight is 469 g/mol. The first-order chi connectivity index (χ1) is 13.4. The normalized spacial score (nSPS) is 10.8. The molecule has 0 radical (unpaired) electrons. The van der Waals surface area contributed by atoms with Crippen molar-refractivity contribution in [1.29, 1.82) is 5.26 Å². The summed E-state index contributed by atoms with van der Waals surface area (Å²) >= 11 is 3.22. The molecule has 0 aliphatic rings. The molecule has 0 fully saturated rings. The molecule has 2 rings (SSSR count). The van der Waals surface area contributed by atoms with Gasteiger partial charge >= 0.3 is 5.97 Å². The standard InChI is InChI=1S/C18H17BrN2O6S/c1-25-17-10-13(11-20)2-7-16(17)26-8-9-27-18(22)12-21-28(23,24)15-5-3-14(19)4-6-15/h2-7,10,21H,8-9,12H2,1H3. The summed E-state index contributed by atoms with van der Waals surface area (Å²) in [5.41, 5.74) is 0.425. The lowest BCUT2D eigenvalue weighted by atomic mass is 10.2. The smallest absolute Gasteiger partial charge is 0.321 e. The number of benzene rings is 2. The van der Waals surface area contributed by atoms with Crippen LogP contribution in [0.4, 0.5) is 0 Å². The molecule has 0 aromatic heterocycles. The van der Waals surface area contributed by atoms with Gasteiger partial charge in [0.05, 0.1) is 23.6 Å². The number of ether oxygens (including phenoxy) is 3. The molecule has 0 atom stereocenters. The monoisotopic (exact) mass is 468 g/mol. The number of nitriles is 1. The van der Waals surface area contributed by atoms with Gasteiger partial charge in [-0.25, -0.2) is 8.42 Å². The number of carbonyl (C=O) groups excluding carboxylic acids is 1. The fourth-order valence-electron chi connectivity index (χ4n) is 2.07. The van der Waals surface area contributed by atoms with Crippen molar-refractivity contribution in [3.8, 4) is 17.6 Å². The summed E-state index contributed by atoms with van der Waals surface area (Å²) in [6.07, 6.45) is 0. The lowest BCUT2D eigenvalue weighted by Crippen LogP contribution is -2.31. The number of nitrogens with one attached hydrogen (secondary N) is 1. The molecule has 0 aliphatic heterocycles. The van der Waals surface area contributed by atoms with E-state index in [0.29, 0.717) is 17.1 Å². The van der Waals surface area contributed by atoms with Gasteiger partial charge in [0.15, 0.2) is 11.5 Å². The van der Waals surface area contributed by atoms with Crippen LogP contribution in [0, 0.1) is 11.3 Å². The minimum absolute atomic E-state index is 0.0352. The fourth-order valence-corrected chi connectivity index (χ4v) is 3.30. The van der Waals surface area contributed by atoms with Crippen molar-refractivity contribution in [1.82, 2.24) is 4.72 Å². The number of nitrogens with zero attached hydrogens (tertiary/aromatic N) is 1. The minimum Gasteiger partial charge on any atom is -0.493 e. The Kier molecular flexibility index (Phi) is 7.80. The van der Waals surface area contributed by atoms with Crippen molar-refractivity contribution in [2.45, 2.75) is 4.90 Å². The van der Waals surface area contributed by atoms with Gasteiger partial charge in [-0.05, 0) is 36.4 Å². The number of hydrogen-bond donors (Lipinski definition) is 1. The molecule has 2 aromatic rings. The molecule has 0 heterocycles. The second-order valence-corrected chi connectivity index (χ2v) is 8.01. The second-order valence-electron chi connectivity index (χ2n) is 5.32. The maximum Gasteiger partial charge on any atom is 0.321 e. The highest BCUT2D eigenvalue weighted by Crippen LogP contribution is 2.27. The Morgan fingerprint density at radius 1 is 1.14 bits per heavy atom. The van der Waals surface area contributed by atoms with Gasteiger partial charge in [0.1, 0.15) is 19.8 Å². The topological polar surface area (TPSA) is 115 Å². The van der Waals surface area contributed by atoms with E-state index in [4.69, 9.17) is 19.5 Å². The van der Waals surface area contributed by atoms with Gasteiger partial charge in [0.2, 0.25) is 10.0 Å². The van der Waals surface area contributed by atoms with E-state index in [2.05, 4.69) is 20.7 Å². The van der Waals surface area contributed by atoms with Gasteiger partial charge in [-0.15, -0.1) is 0 Å². The highest BCUT2D eigenvalue weighted by molar-refractivity contribution is 9.10. The lowest BCUT2D eigenvalue weighted by Gasteiger charge is -2.11. The Morgan fingerprint density at radius 2 is 1.86 bits per heavy atom. The van der Waals surface area contributed by atoms with E-state index in [0.717, 1.165) is 4.47 Å². The summed E-state index contributed by atoms with van der Waals surface area (Å²) in [5.74, 6) is 0.0391. The number of hydrogen-bond acceptors (Lipinski definition) is 7. The quantitative estimate of drug-likeness (QED) is 0.443. The van der Waals surface area contributed by atoms with Gasteiger partial charge in [0.25, 0.3) is 0 Å². The summed E-state index contributed by atoms with van der Waals surface area (Å²) in [7, 11) is -2.36. The van der Waals surface area contributed by atoms with Crippen LogP contribution in [0.5, 0.6) is 11.5 Å². The summed E-state index contributed by atoms with van der Waals surface area (Å²) in [6, 6.07) is 12.7. The van der Waals surface area contributed by atoms with Gasteiger partial charge in [-0.2, -0.15) is 9.98 Å². The van der Waals surface area contributed by atoms with Crippen LogP contribution in [-0.4, -0.2) is 41.3 Å². The van der Waals surface area contributed by atoms with E-state index >= 15 is 0 Å². The third-order valence-corrected chi connectivity index (χ3v) is 5.37. The Bertz CT molecular complexity index is 971. The van der Waals surface area contributed by atoms with Crippen molar-refractivity contribution >= 4 is 31.9 Å². The van der Waals surface area contributed by atoms with E-state index in [-0.39, 0.29) is 18.1 Å². The first-order valence-corrected chi connectivity index (χ1v) is 10.2. The summed E-state index contributed by atoms with van der Waals surface area (Å²) in [5, 5.41) is 8.86. The number of sulfonamides is 1. The van der Waals surface area contributed by atoms with E-state index in [1.807, 2.05) is 6.07 Å². The predicted octanol–water partition coefficient (Wildman–Crippen LogP) is 2.23. The molecule has 8 nitrogen and oxygen atoms in total. The molecular weight excluding hydrogens is 452 g/mol. The van der Waals surface area contributed by atoms with Crippen molar-refractivity contribution < 1.29 is 27.4 Å². The van der Waals surface area contributed by atoms with Crippen molar-refractivity contribution in [3.05, 3.63) is 52.5 Å². The van der Waals surface area contributed by atoms with Crippen LogP contribution in [0.1, 0.15) is 5.56 Å². The number of halogens is 1. The van der Waals surface area contributed by atoms with Crippen molar-refractivity contribution in [3.63, 3.8) is 0 Å². The van der Waals surface area contributed by atoms with Gasteiger partial charge in [-0.3, -0.25) is 4.79 Å². The van der Waals surface area contributed by atoms with E-state index in [1.165, 1.54) is 25.3 Å². The zero-order chi connectivity index (χ0) is 20.6. The Morgan fingerprint density at radius 3 is 2.50 bits per heavy atom. The average Bonchev–Trinajstić information content (AvgIpc) is 2.70. The highest BCUT2D eigenvalue weighted by atomic mass is 79.9. The zero-order valence-corrected chi connectivity index (χ0v) is 17.2. The molecule has 0 aliphatic carbocycles. The minimum atomic E-state index is -3.81. The van der Waals surface area contributed by atoms with E-state index in [9.17, 15) is 13.2 Å². The first kappa shape index (κ1) is 21.7. The molecular formula is C18H17BrN2O6S. The number of esters is 1. The number of rotatable bonds is 9. The molecule has 0 unspecified atom stereocenters. The SMILES string of the molecule is COc1cc(C#N)ccc1OCCOC(=O)CNS(=O)(=O)c1ccc(Br)cc1. The second kappa shape index (κ2) is 10.1. The molecule has 0 saturated heterocycles. The van der Waals surface area contributed by atoms with Gasteiger partial charge in [0, 0.05) is 10.5 Å². The Hall–Kier alpha value is -2.61. The molecule has 148 valence electrons. The number of methoxy groups -OCH3 is 1. The molecule has 2 aromatic carbocycles. The van der Waals surface area contributed by atoms with Gasteiger partial charge in [-0.1, -0.05) is 15.9 Å². The van der Waals surface area contributed by atoms with Crippen LogP contribution in [0.15, 0.2) is 51.8 Å². The van der Waals surface area contributed by atoms with Crippen LogP contribution >= 0.6 is 15.9 Å². The van der Waals surface area contributed by atoms with Crippen LogP contribution in [0.2, 0.25) is 0 Å². The Balaban J connectivity index is 1.77. The summed E-state index contributed by atoms with van der Waals surface area (Å²) in [6.45, 7) is -0.548. The summed E-state index contributed by atoms with van der Waals surface area (Å²) < 4.78 is 42.6. The molecule has 0 amide bonds. The first-order valence-electron chi connectivity index (χ1n) is 7.97. The highest BCUT2D eigenvalue weighted by Gasteiger charge is 2.16. The third-order valence-electron chi connectivity index (χ3n) is 3.43. The van der Waals surface area contributed by atoms with Crippen molar-refractivity contribution in [2.75, 3.05) is 26.9 Å². The predicted molar refractivity (Wildman–Crippen MR) is 103 cm³/mol. The van der Waals surface area contributed by atoms with E-state index in [1.54, 1.807) is 24.3 Å². The molecule has 28 heavy (non-hydrogen) atoms. The largest absolute Gasteiger partial charge is 0.493 e. The zero-order valence-electron chi connectivity index (χ0n) is 14.8.